The fourth-order valence-electron chi connectivity index (χ4n) is 3.21. The smallest absolute Gasteiger partial charge is 0.0199 e. The molecule has 2 aliphatic carbocycles. The third-order valence-electron chi connectivity index (χ3n) is 4.45. The number of hydrogen-bond acceptors (Lipinski definition) is 0. The van der Waals surface area contributed by atoms with E-state index >= 15 is 0 Å². The van der Waals surface area contributed by atoms with Gasteiger partial charge in [0.1, 0.15) is 0 Å². The van der Waals surface area contributed by atoms with Gasteiger partial charge in [-0.15, -0.1) is 0 Å². The zero-order valence-corrected chi connectivity index (χ0v) is 10.0. The summed E-state index contributed by atoms with van der Waals surface area (Å²) in [5, 5.41) is 0. The molecule has 1 unspecified atom stereocenters. The van der Waals surface area contributed by atoms with Gasteiger partial charge < -0.3 is 0 Å². The van der Waals surface area contributed by atoms with Crippen LogP contribution < -0.4 is 0 Å². The van der Waals surface area contributed by atoms with E-state index in [0.717, 1.165) is 17.8 Å². The molecule has 1 saturated carbocycles. The largest absolute Gasteiger partial charge is 0.0958 e. The van der Waals surface area contributed by atoms with Crippen molar-refractivity contribution < 1.29 is 0 Å². The minimum atomic E-state index is 0.869. The molecule has 0 N–H and O–H groups in total. The molecule has 1 atom stereocenters. The highest BCUT2D eigenvalue weighted by atomic mass is 14.3. The Morgan fingerprint density at radius 3 is 2.47 bits per heavy atom. The van der Waals surface area contributed by atoms with Crippen LogP contribution in [-0.2, 0) is 0 Å². The fraction of sp³-hybridized carbons (Fsp3) is 0.733. The van der Waals surface area contributed by atoms with Crippen LogP contribution in [0.5, 0.6) is 0 Å². The molecule has 0 radical (unpaired) electrons. The van der Waals surface area contributed by atoms with Crippen LogP contribution in [-0.4, -0.2) is 0 Å². The molecular weight excluding hydrogens is 180 g/mol. The molecule has 2 rings (SSSR count). The molecule has 0 aromatic carbocycles. The Balaban J connectivity index is 1.85. The zero-order chi connectivity index (χ0) is 10.7. The summed E-state index contributed by atoms with van der Waals surface area (Å²) >= 11 is 0. The van der Waals surface area contributed by atoms with Gasteiger partial charge in [-0.2, -0.15) is 0 Å². The molecule has 0 aromatic rings. The Morgan fingerprint density at radius 1 is 1.20 bits per heavy atom. The van der Waals surface area contributed by atoms with E-state index in [2.05, 4.69) is 25.7 Å². The van der Waals surface area contributed by atoms with Gasteiger partial charge in [0, 0.05) is 0 Å². The van der Waals surface area contributed by atoms with Crippen LogP contribution in [0.2, 0.25) is 0 Å². The lowest BCUT2D eigenvalue weighted by molar-refractivity contribution is 0.218. The van der Waals surface area contributed by atoms with Gasteiger partial charge in [-0.1, -0.05) is 50.5 Å². The first-order valence-electron chi connectivity index (χ1n) is 6.65. The summed E-state index contributed by atoms with van der Waals surface area (Å²) in [7, 11) is 0. The van der Waals surface area contributed by atoms with Crippen molar-refractivity contribution in [3.8, 4) is 0 Å². The predicted octanol–water partition coefficient (Wildman–Crippen LogP) is 4.73. The summed E-state index contributed by atoms with van der Waals surface area (Å²) in [6, 6.07) is 0. The fourth-order valence-corrected chi connectivity index (χ4v) is 3.21. The highest BCUT2D eigenvalue weighted by Crippen LogP contribution is 2.38. The van der Waals surface area contributed by atoms with Crippen molar-refractivity contribution in [1.29, 1.82) is 0 Å². The topological polar surface area (TPSA) is 0 Å². The van der Waals surface area contributed by atoms with Gasteiger partial charge in [-0.05, 0) is 43.4 Å². The van der Waals surface area contributed by atoms with Gasteiger partial charge in [-0.25, -0.2) is 0 Å². The molecule has 0 aliphatic heterocycles. The Labute approximate surface area is 94.5 Å². The lowest BCUT2D eigenvalue weighted by Crippen LogP contribution is -2.21. The van der Waals surface area contributed by atoms with E-state index in [-0.39, 0.29) is 0 Å². The van der Waals surface area contributed by atoms with Crippen LogP contribution in [0.25, 0.3) is 0 Å². The van der Waals surface area contributed by atoms with Gasteiger partial charge in [0.2, 0.25) is 0 Å². The Hall–Kier alpha value is -0.520. The molecule has 0 spiro atoms. The van der Waals surface area contributed by atoms with E-state index < -0.39 is 0 Å². The lowest BCUT2D eigenvalue weighted by atomic mass is 9.72. The van der Waals surface area contributed by atoms with E-state index in [1.54, 1.807) is 0 Å². The highest BCUT2D eigenvalue weighted by Gasteiger charge is 2.26. The van der Waals surface area contributed by atoms with Gasteiger partial charge >= 0.3 is 0 Å². The maximum absolute atomic E-state index is 4.03. The predicted molar refractivity (Wildman–Crippen MR) is 66.7 cm³/mol. The van der Waals surface area contributed by atoms with E-state index in [1.807, 2.05) is 0 Å². The van der Waals surface area contributed by atoms with Crippen molar-refractivity contribution in [2.24, 2.45) is 17.8 Å². The van der Waals surface area contributed by atoms with Crippen molar-refractivity contribution in [2.45, 2.75) is 51.9 Å². The van der Waals surface area contributed by atoms with Crippen molar-refractivity contribution in [1.82, 2.24) is 0 Å². The van der Waals surface area contributed by atoms with Crippen LogP contribution in [0.1, 0.15) is 51.9 Å². The van der Waals surface area contributed by atoms with E-state index in [9.17, 15) is 0 Å². The Bertz CT molecular complexity index is 241. The third kappa shape index (κ3) is 2.74. The van der Waals surface area contributed by atoms with Crippen LogP contribution in [0, 0.1) is 17.8 Å². The summed E-state index contributed by atoms with van der Waals surface area (Å²) in [5.74, 6) is 2.88. The standard InChI is InChI=1S/C15H24/c1-3-13-6-10-15(11-7-13)14-8-4-12(2)5-9-14/h4,8,13-15H,2-3,5-7,9-11H2,1H3. The molecule has 84 valence electrons. The normalized spacial score (nSPS) is 36.9. The molecule has 0 bridgehead atoms. The highest BCUT2D eigenvalue weighted by molar-refractivity contribution is 5.19. The van der Waals surface area contributed by atoms with Gasteiger partial charge in [0.15, 0.2) is 0 Å². The Morgan fingerprint density at radius 2 is 1.93 bits per heavy atom. The van der Waals surface area contributed by atoms with Crippen LogP contribution in [0.3, 0.4) is 0 Å². The molecule has 0 aromatic heterocycles. The molecule has 0 nitrogen and oxygen atoms in total. The average Bonchev–Trinajstić information content (AvgIpc) is 2.30. The molecule has 1 fully saturated rings. The SMILES string of the molecule is C=C1C=CC(C2CCC(CC)CC2)CC1. The maximum Gasteiger partial charge on any atom is -0.0199 e. The molecular formula is C15H24. The number of hydrogen-bond donors (Lipinski definition) is 0. The summed E-state index contributed by atoms with van der Waals surface area (Å²) < 4.78 is 0. The second-order valence-electron chi connectivity index (χ2n) is 5.41. The van der Waals surface area contributed by atoms with Gasteiger partial charge in [0.25, 0.3) is 0 Å². The summed E-state index contributed by atoms with van der Waals surface area (Å²) in [5.41, 5.74) is 1.33. The van der Waals surface area contributed by atoms with Gasteiger partial charge in [-0.3, -0.25) is 0 Å². The van der Waals surface area contributed by atoms with Crippen molar-refractivity contribution in [3.05, 3.63) is 24.3 Å². The molecule has 0 amide bonds. The van der Waals surface area contributed by atoms with Crippen molar-refractivity contribution in [3.63, 3.8) is 0 Å². The second kappa shape index (κ2) is 5.01. The van der Waals surface area contributed by atoms with Crippen molar-refractivity contribution >= 4 is 0 Å². The quantitative estimate of drug-likeness (QED) is 0.610. The average molecular weight is 204 g/mol. The van der Waals surface area contributed by atoms with Crippen LogP contribution in [0.15, 0.2) is 24.3 Å². The monoisotopic (exact) mass is 204 g/mol. The third-order valence-corrected chi connectivity index (χ3v) is 4.45. The first-order valence-corrected chi connectivity index (χ1v) is 6.65. The Kier molecular flexibility index (Phi) is 3.66. The van der Waals surface area contributed by atoms with E-state index in [4.69, 9.17) is 0 Å². The first-order chi connectivity index (χ1) is 7.29. The number of rotatable bonds is 2. The second-order valence-corrected chi connectivity index (χ2v) is 5.41. The first kappa shape index (κ1) is 11.0. The van der Waals surface area contributed by atoms with E-state index in [1.165, 1.54) is 50.5 Å². The summed E-state index contributed by atoms with van der Waals surface area (Å²) in [6.07, 6.45) is 14.6. The van der Waals surface area contributed by atoms with Gasteiger partial charge in [0.05, 0.1) is 0 Å². The molecule has 15 heavy (non-hydrogen) atoms. The molecule has 2 aliphatic rings. The maximum atomic E-state index is 4.03. The summed E-state index contributed by atoms with van der Waals surface area (Å²) in [6.45, 7) is 6.38. The minimum absolute atomic E-state index is 0.869. The molecule has 0 heteroatoms. The minimum Gasteiger partial charge on any atom is -0.0958 e. The molecule has 0 saturated heterocycles. The zero-order valence-electron chi connectivity index (χ0n) is 10.0. The molecule has 0 heterocycles. The lowest BCUT2D eigenvalue weighted by Gasteiger charge is -2.33. The van der Waals surface area contributed by atoms with E-state index in [0.29, 0.717) is 0 Å². The summed E-state index contributed by atoms with van der Waals surface area (Å²) in [4.78, 5) is 0. The van der Waals surface area contributed by atoms with Crippen molar-refractivity contribution in [2.75, 3.05) is 0 Å². The number of allylic oxidation sites excluding steroid dienone is 3. The van der Waals surface area contributed by atoms with Crippen LogP contribution >= 0.6 is 0 Å². The van der Waals surface area contributed by atoms with Crippen LogP contribution in [0.4, 0.5) is 0 Å².